The Hall–Kier alpha value is -2.09. The maximum atomic E-state index is 6.55. The van der Waals surface area contributed by atoms with Gasteiger partial charge < -0.3 is 15.2 Å². The number of hydrogen-bond acceptors (Lipinski definition) is 5. The molecule has 2 aromatic carbocycles. The summed E-state index contributed by atoms with van der Waals surface area (Å²) in [6.45, 7) is 2.72. The number of imidazole rings is 1. The molecule has 1 aliphatic heterocycles. The van der Waals surface area contributed by atoms with Gasteiger partial charge in [0.15, 0.2) is 5.65 Å². The SMILES string of the molecule is Clc1ccc(Nc2ncc3nc(-c4c(Cl)cccc4Cl)n(C[C@@H]4CCCNC4)c3n2)cc1Cl. The molecular weight excluding hydrogens is 502 g/mol. The molecule has 1 saturated heterocycles. The second-order valence-corrected chi connectivity index (χ2v) is 9.64. The smallest absolute Gasteiger partial charge is 0.229 e. The average Bonchev–Trinajstić information content (AvgIpc) is 3.14. The van der Waals surface area contributed by atoms with E-state index in [0.29, 0.717) is 54.5 Å². The Morgan fingerprint density at radius 2 is 1.82 bits per heavy atom. The first kappa shape index (κ1) is 22.7. The lowest BCUT2D eigenvalue weighted by Gasteiger charge is -2.24. The fourth-order valence-electron chi connectivity index (χ4n) is 4.10. The van der Waals surface area contributed by atoms with Gasteiger partial charge in [-0.3, -0.25) is 0 Å². The fourth-order valence-corrected chi connectivity index (χ4v) is 4.96. The molecule has 0 aliphatic carbocycles. The van der Waals surface area contributed by atoms with Gasteiger partial charge in [0.05, 0.1) is 31.9 Å². The quantitative estimate of drug-likeness (QED) is 0.300. The summed E-state index contributed by atoms with van der Waals surface area (Å²) in [7, 11) is 0. The van der Waals surface area contributed by atoms with E-state index in [1.807, 2.05) is 24.3 Å². The van der Waals surface area contributed by atoms with Crippen LogP contribution in [0.25, 0.3) is 22.6 Å². The zero-order chi connectivity index (χ0) is 22.9. The van der Waals surface area contributed by atoms with Crippen LogP contribution in [0.5, 0.6) is 0 Å². The zero-order valence-electron chi connectivity index (χ0n) is 17.5. The van der Waals surface area contributed by atoms with Crippen molar-refractivity contribution in [2.75, 3.05) is 18.4 Å². The molecular formula is C23H20Cl4N6. The van der Waals surface area contributed by atoms with Crippen molar-refractivity contribution >= 4 is 69.2 Å². The minimum absolute atomic E-state index is 0.431. The first-order valence-corrected chi connectivity index (χ1v) is 12.1. The van der Waals surface area contributed by atoms with E-state index in [0.717, 1.165) is 38.2 Å². The summed E-state index contributed by atoms with van der Waals surface area (Å²) in [5.74, 6) is 1.56. The van der Waals surface area contributed by atoms with Crippen molar-refractivity contribution in [3.63, 3.8) is 0 Å². The third kappa shape index (κ3) is 4.77. The number of benzene rings is 2. The second-order valence-electron chi connectivity index (χ2n) is 8.01. The highest BCUT2D eigenvalue weighted by molar-refractivity contribution is 6.42. The second kappa shape index (κ2) is 9.65. The predicted molar refractivity (Wildman–Crippen MR) is 136 cm³/mol. The highest BCUT2D eigenvalue weighted by Gasteiger charge is 2.23. The molecule has 10 heteroatoms. The Bertz CT molecular complexity index is 1300. The number of fused-ring (bicyclic) bond motifs is 1. The first-order chi connectivity index (χ1) is 16.0. The third-order valence-electron chi connectivity index (χ3n) is 5.69. The van der Waals surface area contributed by atoms with E-state index >= 15 is 0 Å². The Morgan fingerprint density at radius 3 is 2.55 bits per heavy atom. The van der Waals surface area contributed by atoms with Gasteiger partial charge in [0.25, 0.3) is 0 Å². The number of hydrogen-bond donors (Lipinski definition) is 2. The van der Waals surface area contributed by atoms with Gasteiger partial charge in [0.2, 0.25) is 5.95 Å². The number of piperidine rings is 1. The average molecular weight is 522 g/mol. The van der Waals surface area contributed by atoms with Gasteiger partial charge in [0.1, 0.15) is 11.3 Å². The van der Waals surface area contributed by atoms with Crippen molar-refractivity contribution in [1.29, 1.82) is 0 Å². The highest BCUT2D eigenvalue weighted by atomic mass is 35.5. The maximum absolute atomic E-state index is 6.55. The lowest BCUT2D eigenvalue weighted by atomic mass is 9.99. The van der Waals surface area contributed by atoms with E-state index in [4.69, 9.17) is 56.4 Å². The number of nitrogens with one attached hydrogen (secondary N) is 2. The molecule has 0 amide bonds. The summed E-state index contributed by atoms with van der Waals surface area (Å²) in [5.41, 5.74) is 2.82. The van der Waals surface area contributed by atoms with Crippen LogP contribution in [0.3, 0.4) is 0 Å². The molecule has 3 heterocycles. The van der Waals surface area contributed by atoms with E-state index in [-0.39, 0.29) is 0 Å². The van der Waals surface area contributed by atoms with Crippen molar-refractivity contribution in [2.24, 2.45) is 5.92 Å². The summed E-state index contributed by atoms with van der Waals surface area (Å²) >= 11 is 25.3. The summed E-state index contributed by atoms with van der Waals surface area (Å²) in [4.78, 5) is 14.1. The van der Waals surface area contributed by atoms with Gasteiger partial charge in [0, 0.05) is 12.2 Å². The molecule has 1 fully saturated rings. The Balaban J connectivity index is 1.60. The third-order valence-corrected chi connectivity index (χ3v) is 7.06. The van der Waals surface area contributed by atoms with Crippen molar-refractivity contribution in [2.45, 2.75) is 19.4 Å². The van der Waals surface area contributed by atoms with Gasteiger partial charge in [-0.2, -0.15) is 4.98 Å². The van der Waals surface area contributed by atoms with Gasteiger partial charge in [-0.25, -0.2) is 9.97 Å². The van der Waals surface area contributed by atoms with Crippen LogP contribution < -0.4 is 10.6 Å². The summed E-state index contributed by atoms with van der Waals surface area (Å²) < 4.78 is 2.10. The van der Waals surface area contributed by atoms with E-state index in [1.54, 1.807) is 18.3 Å². The van der Waals surface area contributed by atoms with E-state index in [9.17, 15) is 0 Å². The number of halogens is 4. The Labute approximate surface area is 211 Å². The monoisotopic (exact) mass is 520 g/mol. The molecule has 0 radical (unpaired) electrons. The molecule has 6 nitrogen and oxygen atoms in total. The highest BCUT2D eigenvalue weighted by Crippen LogP contribution is 2.36. The fraction of sp³-hybridized carbons (Fsp3) is 0.261. The van der Waals surface area contributed by atoms with Crippen LogP contribution in [-0.2, 0) is 6.54 Å². The van der Waals surface area contributed by atoms with Gasteiger partial charge in [-0.15, -0.1) is 0 Å². The van der Waals surface area contributed by atoms with Crippen molar-refractivity contribution in [3.8, 4) is 11.4 Å². The minimum Gasteiger partial charge on any atom is -0.324 e. The van der Waals surface area contributed by atoms with Gasteiger partial charge in [-0.1, -0.05) is 52.5 Å². The number of nitrogens with zero attached hydrogens (tertiary/aromatic N) is 4. The van der Waals surface area contributed by atoms with Crippen LogP contribution >= 0.6 is 46.4 Å². The van der Waals surface area contributed by atoms with Gasteiger partial charge >= 0.3 is 0 Å². The molecule has 2 aromatic heterocycles. The molecule has 5 rings (SSSR count). The Kier molecular flexibility index (Phi) is 6.63. The molecule has 1 atom stereocenters. The molecule has 0 bridgehead atoms. The van der Waals surface area contributed by atoms with Crippen molar-refractivity contribution in [1.82, 2.24) is 24.8 Å². The first-order valence-electron chi connectivity index (χ1n) is 10.6. The summed E-state index contributed by atoms with van der Waals surface area (Å²) in [6.07, 6.45) is 3.96. The lowest BCUT2D eigenvalue weighted by molar-refractivity contribution is 0.341. The minimum atomic E-state index is 0.431. The molecule has 33 heavy (non-hydrogen) atoms. The summed E-state index contributed by atoms with van der Waals surface area (Å²) in [5, 5.41) is 8.70. The maximum Gasteiger partial charge on any atom is 0.229 e. The number of rotatable bonds is 5. The standard InChI is InChI=1S/C23H20Cl4N6/c24-15-7-6-14(9-18(15)27)30-23-29-11-19-21(32-23)33(12-13-3-2-8-28-10-13)22(31-19)20-16(25)4-1-5-17(20)26/h1,4-7,9,11,13,28H,2-3,8,10,12H2,(H,29,30,32)/t13-/m1/s1. The molecule has 4 aromatic rings. The predicted octanol–water partition coefficient (Wildman–Crippen LogP) is 6.85. The van der Waals surface area contributed by atoms with E-state index in [1.165, 1.54) is 0 Å². The van der Waals surface area contributed by atoms with E-state index < -0.39 is 0 Å². The van der Waals surface area contributed by atoms with E-state index in [2.05, 4.69) is 20.2 Å². The van der Waals surface area contributed by atoms with Crippen LogP contribution in [-0.4, -0.2) is 32.6 Å². The number of anilines is 2. The van der Waals surface area contributed by atoms with Crippen LogP contribution in [0.2, 0.25) is 20.1 Å². The normalized spacial score (nSPS) is 16.3. The Morgan fingerprint density at radius 1 is 1.00 bits per heavy atom. The number of aromatic nitrogens is 4. The topological polar surface area (TPSA) is 67.7 Å². The molecule has 0 unspecified atom stereocenters. The van der Waals surface area contributed by atoms with Crippen LogP contribution in [0.4, 0.5) is 11.6 Å². The molecule has 1 aliphatic rings. The van der Waals surface area contributed by atoms with Crippen LogP contribution in [0, 0.1) is 5.92 Å². The lowest BCUT2D eigenvalue weighted by Crippen LogP contribution is -2.32. The van der Waals surface area contributed by atoms with Crippen LogP contribution in [0.15, 0.2) is 42.6 Å². The molecule has 0 spiro atoms. The van der Waals surface area contributed by atoms with Crippen molar-refractivity contribution in [3.05, 3.63) is 62.7 Å². The largest absolute Gasteiger partial charge is 0.324 e. The zero-order valence-corrected chi connectivity index (χ0v) is 20.5. The molecule has 0 saturated carbocycles. The van der Waals surface area contributed by atoms with Crippen LogP contribution in [0.1, 0.15) is 12.8 Å². The van der Waals surface area contributed by atoms with Gasteiger partial charge in [-0.05, 0) is 62.2 Å². The summed E-state index contributed by atoms with van der Waals surface area (Å²) in [6, 6.07) is 10.7. The molecule has 170 valence electrons. The molecule has 2 N–H and O–H groups in total. The van der Waals surface area contributed by atoms with Crippen molar-refractivity contribution < 1.29 is 0 Å².